The number of nitrogens with zero attached hydrogens (tertiary/aromatic N) is 1. The van der Waals surface area contributed by atoms with E-state index in [9.17, 15) is 14.0 Å². The van der Waals surface area contributed by atoms with Crippen LogP contribution in [0, 0.1) is 5.82 Å². The van der Waals surface area contributed by atoms with Gasteiger partial charge in [-0.1, -0.05) is 30.3 Å². The fourth-order valence-corrected chi connectivity index (χ4v) is 2.54. The van der Waals surface area contributed by atoms with Crippen LogP contribution in [0.15, 0.2) is 48.5 Å². The smallest absolute Gasteiger partial charge is 0.227 e. The Labute approximate surface area is 122 Å². The number of hydrogen-bond donors (Lipinski definition) is 0. The fraction of sp³-hybridized carbons (Fsp3) is 0.176. The topological polar surface area (TPSA) is 37.4 Å². The van der Waals surface area contributed by atoms with Crippen molar-refractivity contribution >= 4 is 17.4 Å². The Balaban J connectivity index is 2.04. The maximum Gasteiger partial charge on any atom is 0.227 e. The molecule has 1 aliphatic heterocycles. The number of para-hydroxylation sites is 1. The van der Waals surface area contributed by atoms with Crippen molar-refractivity contribution in [1.29, 1.82) is 0 Å². The second-order valence-corrected chi connectivity index (χ2v) is 5.01. The maximum atomic E-state index is 13.8. The Bertz CT molecular complexity index is 711. The molecule has 4 heteroatoms. The van der Waals surface area contributed by atoms with Crippen molar-refractivity contribution in [2.75, 3.05) is 4.90 Å². The lowest BCUT2D eigenvalue weighted by Crippen LogP contribution is -2.30. The van der Waals surface area contributed by atoms with Crippen molar-refractivity contribution in [3.8, 4) is 0 Å². The number of carbonyl (C=O) groups excluding carboxylic acids is 2. The van der Waals surface area contributed by atoms with E-state index in [-0.39, 0.29) is 36.9 Å². The Morgan fingerprint density at radius 3 is 2.48 bits per heavy atom. The van der Waals surface area contributed by atoms with E-state index in [2.05, 4.69) is 0 Å². The summed E-state index contributed by atoms with van der Waals surface area (Å²) in [6.07, 6.45) is 0.353. The van der Waals surface area contributed by atoms with Crippen LogP contribution >= 0.6 is 0 Å². The molecule has 1 amide bonds. The molecule has 0 aliphatic carbocycles. The summed E-state index contributed by atoms with van der Waals surface area (Å²) >= 11 is 0. The largest absolute Gasteiger partial charge is 0.307 e. The third-order valence-corrected chi connectivity index (χ3v) is 3.65. The van der Waals surface area contributed by atoms with Crippen molar-refractivity contribution in [1.82, 2.24) is 0 Å². The van der Waals surface area contributed by atoms with Crippen LogP contribution in [0.2, 0.25) is 0 Å². The molecule has 1 heterocycles. The monoisotopic (exact) mass is 283 g/mol. The summed E-state index contributed by atoms with van der Waals surface area (Å²) in [5, 5.41) is 0. The molecule has 3 rings (SSSR count). The standard InChI is InChI=1S/C17H14FNO2/c18-14-7-3-1-5-12(14)11-19-15-8-4-2-6-13(15)16(20)9-10-17(19)21/h1-8H,9-11H2. The minimum absolute atomic E-state index is 0.0463. The van der Waals surface area contributed by atoms with Crippen LogP contribution in [0.5, 0.6) is 0 Å². The predicted octanol–water partition coefficient (Wildman–Crippen LogP) is 3.34. The molecule has 0 saturated heterocycles. The van der Waals surface area contributed by atoms with Gasteiger partial charge >= 0.3 is 0 Å². The molecule has 0 fully saturated rings. The molecule has 2 aromatic rings. The summed E-state index contributed by atoms with van der Waals surface area (Å²) in [5.74, 6) is -0.551. The van der Waals surface area contributed by atoms with Crippen LogP contribution in [0.4, 0.5) is 10.1 Å². The third kappa shape index (κ3) is 2.57. The van der Waals surface area contributed by atoms with Gasteiger partial charge in [-0.15, -0.1) is 0 Å². The zero-order valence-electron chi connectivity index (χ0n) is 11.4. The molecular formula is C17H14FNO2. The quantitative estimate of drug-likeness (QED) is 0.847. The number of Topliss-reactive ketones (excluding diaryl/α,β-unsaturated/α-hetero) is 1. The molecule has 0 spiro atoms. The lowest BCUT2D eigenvalue weighted by atomic mass is 10.1. The second kappa shape index (κ2) is 5.48. The second-order valence-electron chi connectivity index (χ2n) is 5.01. The highest BCUT2D eigenvalue weighted by molar-refractivity contribution is 6.09. The first-order valence-corrected chi connectivity index (χ1v) is 6.83. The minimum atomic E-state index is -0.349. The summed E-state index contributed by atoms with van der Waals surface area (Å²) in [4.78, 5) is 25.9. The predicted molar refractivity (Wildman–Crippen MR) is 77.6 cm³/mol. The van der Waals surface area contributed by atoms with Gasteiger partial charge < -0.3 is 4.90 Å². The summed E-state index contributed by atoms with van der Waals surface area (Å²) in [6, 6.07) is 13.4. The number of fused-ring (bicyclic) bond motifs is 1. The Kier molecular flexibility index (Phi) is 3.52. The molecule has 106 valence electrons. The Morgan fingerprint density at radius 1 is 0.952 bits per heavy atom. The Hall–Kier alpha value is -2.49. The van der Waals surface area contributed by atoms with Crippen LogP contribution in [0.1, 0.15) is 28.8 Å². The molecule has 2 aromatic carbocycles. The fourth-order valence-electron chi connectivity index (χ4n) is 2.54. The highest BCUT2D eigenvalue weighted by Crippen LogP contribution is 2.28. The van der Waals surface area contributed by atoms with Crippen LogP contribution in [0.3, 0.4) is 0 Å². The summed E-state index contributed by atoms with van der Waals surface area (Å²) < 4.78 is 13.8. The van der Waals surface area contributed by atoms with Crippen LogP contribution < -0.4 is 4.90 Å². The number of anilines is 1. The van der Waals surface area contributed by atoms with Gasteiger partial charge in [-0.05, 0) is 18.2 Å². The van der Waals surface area contributed by atoms with Gasteiger partial charge in [0.1, 0.15) is 5.82 Å². The van der Waals surface area contributed by atoms with Gasteiger partial charge in [0.2, 0.25) is 5.91 Å². The number of rotatable bonds is 2. The van der Waals surface area contributed by atoms with Gasteiger partial charge in [0.05, 0.1) is 12.2 Å². The van der Waals surface area contributed by atoms with Crippen molar-refractivity contribution in [2.24, 2.45) is 0 Å². The molecule has 0 atom stereocenters. The molecule has 0 unspecified atom stereocenters. The zero-order valence-corrected chi connectivity index (χ0v) is 11.4. The summed E-state index contributed by atoms with van der Waals surface area (Å²) in [7, 11) is 0. The number of benzene rings is 2. The van der Waals surface area contributed by atoms with Gasteiger partial charge in [0.25, 0.3) is 0 Å². The van der Waals surface area contributed by atoms with Crippen molar-refractivity contribution in [3.05, 3.63) is 65.5 Å². The molecule has 0 N–H and O–H groups in total. The highest BCUT2D eigenvalue weighted by Gasteiger charge is 2.26. The molecule has 0 saturated carbocycles. The lowest BCUT2D eigenvalue weighted by Gasteiger charge is -2.23. The van der Waals surface area contributed by atoms with Crippen LogP contribution in [-0.2, 0) is 11.3 Å². The van der Waals surface area contributed by atoms with Crippen molar-refractivity contribution in [3.63, 3.8) is 0 Å². The van der Waals surface area contributed by atoms with E-state index in [4.69, 9.17) is 0 Å². The van der Waals surface area contributed by atoms with Crippen LogP contribution in [-0.4, -0.2) is 11.7 Å². The van der Waals surface area contributed by atoms with E-state index in [0.29, 0.717) is 16.8 Å². The normalized spacial score (nSPS) is 14.8. The average Bonchev–Trinajstić information content (AvgIpc) is 2.62. The lowest BCUT2D eigenvalue weighted by molar-refractivity contribution is -0.118. The van der Waals surface area contributed by atoms with Gasteiger partial charge in [-0.3, -0.25) is 9.59 Å². The first-order chi connectivity index (χ1) is 10.2. The molecule has 0 aromatic heterocycles. The number of hydrogen-bond acceptors (Lipinski definition) is 2. The molecule has 1 aliphatic rings. The number of ketones is 1. The van der Waals surface area contributed by atoms with Crippen LogP contribution in [0.25, 0.3) is 0 Å². The molecular weight excluding hydrogens is 269 g/mol. The summed E-state index contributed by atoms with van der Waals surface area (Å²) in [6.45, 7) is 0.135. The first-order valence-electron chi connectivity index (χ1n) is 6.83. The average molecular weight is 283 g/mol. The van der Waals surface area contributed by atoms with E-state index in [0.717, 1.165) is 0 Å². The number of carbonyl (C=O) groups is 2. The number of halogens is 1. The van der Waals surface area contributed by atoms with Crippen molar-refractivity contribution in [2.45, 2.75) is 19.4 Å². The van der Waals surface area contributed by atoms with E-state index in [1.165, 1.54) is 11.0 Å². The first kappa shape index (κ1) is 13.5. The van der Waals surface area contributed by atoms with E-state index in [1.54, 1.807) is 42.5 Å². The van der Waals surface area contributed by atoms with Gasteiger partial charge in [-0.25, -0.2) is 4.39 Å². The number of amides is 1. The molecule has 21 heavy (non-hydrogen) atoms. The SMILES string of the molecule is O=C1CCC(=O)N(Cc2ccccc2F)c2ccccc21. The molecule has 3 nitrogen and oxygen atoms in total. The Morgan fingerprint density at radius 2 is 1.67 bits per heavy atom. The molecule has 0 radical (unpaired) electrons. The highest BCUT2D eigenvalue weighted by atomic mass is 19.1. The van der Waals surface area contributed by atoms with Gasteiger partial charge in [-0.2, -0.15) is 0 Å². The third-order valence-electron chi connectivity index (χ3n) is 3.65. The zero-order chi connectivity index (χ0) is 14.8. The summed E-state index contributed by atoms with van der Waals surface area (Å²) in [5.41, 5.74) is 1.53. The minimum Gasteiger partial charge on any atom is -0.307 e. The van der Waals surface area contributed by atoms with E-state index >= 15 is 0 Å². The van der Waals surface area contributed by atoms with Crippen molar-refractivity contribution < 1.29 is 14.0 Å². The van der Waals surface area contributed by atoms with Gasteiger partial charge in [0.15, 0.2) is 5.78 Å². The maximum absolute atomic E-state index is 13.8. The van der Waals surface area contributed by atoms with E-state index in [1.807, 2.05) is 0 Å². The molecule has 0 bridgehead atoms. The van der Waals surface area contributed by atoms with Gasteiger partial charge in [0, 0.05) is 24.0 Å². The van der Waals surface area contributed by atoms with E-state index < -0.39 is 0 Å².